The molecule has 0 radical (unpaired) electrons. The highest BCUT2D eigenvalue weighted by Crippen LogP contribution is 2.39. The Hall–Kier alpha value is -3.66. The Labute approximate surface area is 187 Å². The van der Waals surface area contributed by atoms with E-state index < -0.39 is 0 Å². The number of anilines is 2. The Balaban J connectivity index is 0.00000105. The van der Waals surface area contributed by atoms with Crippen molar-refractivity contribution in [3.05, 3.63) is 60.7 Å². The molecule has 4 heteroatoms. The lowest BCUT2D eigenvalue weighted by molar-refractivity contribution is 0.610. The molecule has 162 valence electrons. The summed E-state index contributed by atoms with van der Waals surface area (Å²) in [6.45, 7) is 4.00. The Kier molecular flexibility index (Phi) is 4.74. The van der Waals surface area contributed by atoms with E-state index in [0.29, 0.717) is 0 Å². The molecule has 0 aliphatic rings. The van der Waals surface area contributed by atoms with E-state index in [2.05, 4.69) is 60.7 Å². The highest BCUT2D eigenvalue weighted by molar-refractivity contribution is 6.24. The molecule has 6 aromatic rings. The van der Waals surface area contributed by atoms with Gasteiger partial charge < -0.3 is 18.6 Å². The van der Waals surface area contributed by atoms with Gasteiger partial charge in [0.1, 0.15) is 11.2 Å². The molecule has 6 rings (SSSR count). The zero-order chi connectivity index (χ0) is 22.6. The summed E-state index contributed by atoms with van der Waals surface area (Å²) in [5, 5.41) is 9.74. The van der Waals surface area contributed by atoms with Crippen molar-refractivity contribution >= 4 is 66.0 Å². The van der Waals surface area contributed by atoms with Gasteiger partial charge in [-0.3, -0.25) is 0 Å². The molecule has 0 spiro atoms. The van der Waals surface area contributed by atoms with E-state index in [4.69, 9.17) is 8.83 Å². The van der Waals surface area contributed by atoms with Gasteiger partial charge in [0.25, 0.3) is 0 Å². The van der Waals surface area contributed by atoms with Crippen LogP contribution in [0, 0.1) is 0 Å². The molecule has 4 nitrogen and oxygen atoms in total. The summed E-state index contributed by atoms with van der Waals surface area (Å²) in [7, 11) is 8.00. The smallest absolute Gasteiger partial charge is 0.196 e. The molecular weight excluding hydrogens is 396 g/mol. The Morgan fingerprint density at radius 1 is 0.438 bits per heavy atom. The zero-order valence-electron chi connectivity index (χ0n) is 19.5. The van der Waals surface area contributed by atoms with Crippen LogP contribution in [0.1, 0.15) is 13.8 Å². The first-order valence-corrected chi connectivity index (χ1v) is 11.1. The standard InChI is InChI=1S/C26H22N2O2.C2H6/c1-27(2)25-13-21-19-7-5-16-15(17(19)9-11-23(21)29-25)6-8-20-18(16)10-12-24-22(20)14-26(30-24)28(3)4;1-2/h5-14H,1-4H3;1-2H3. The van der Waals surface area contributed by atoms with Crippen molar-refractivity contribution in [2.75, 3.05) is 38.0 Å². The van der Waals surface area contributed by atoms with Crippen molar-refractivity contribution in [3.8, 4) is 0 Å². The van der Waals surface area contributed by atoms with Crippen LogP contribution in [-0.4, -0.2) is 28.2 Å². The van der Waals surface area contributed by atoms with E-state index in [9.17, 15) is 0 Å². The van der Waals surface area contributed by atoms with E-state index in [1.54, 1.807) is 0 Å². The van der Waals surface area contributed by atoms with Crippen LogP contribution in [0.25, 0.3) is 54.3 Å². The van der Waals surface area contributed by atoms with Crippen LogP contribution in [-0.2, 0) is 0 Å². The minimum absolute atomic E-state index is 0.871. The van der Waals surface area contributed by atoms with E-state index in [0.717, 1.165) is 33.7 Å². The van der Waals surface area contributed by atoms with Gasteiger partial charge in [0, 0.05) is 51.1 Å². The summed E-state index contributed by atoms with van der Waals surface area (Å²) in [5.41, 5.74) is 1.84. The Morgan fingerprint density at radius 3 is 1.03 bits per heavy atom. The maximum absolute atomic E-state index is 6.00. The number of hydrogen-bond donors (Lipinski definition) is 0. The highest BCUT2D eigenvalue weighted by Gasteiger charge is 2.14. The molecule has 0 saturated heterocycles. The molecular formula is C28H28N2O2. The quantitative estimate of drug-likeness (QED) is 0.266. The molecule has 2 heterocycles. The first kappa shape index (κ1) is 20.3. The lowest BCUT2D eigenvalue weighted by Crippen LogP contribution is -2.06. The lowest BCUT2D eigenvalue weighted by Gasteiger charge is -2.08. The fraction of sp³-hybridized carbons (Fsp3) is 0.214. The van der Waals surface area contributed by atoms with Gasteiger partial charge in [0.2, 0.25) is 0 Å². The second kappa shape index (κ2) is 7.49. The Morgan fingerprint density at radius 2 is 0.719 bits per heavy atom. The van der Waals surface area contributed by atoms with Crippen molar-refractivity contribution in [3.63, 3.8) is 0 Å². The van der Waals surface area contributed by atoms with Crippen LogP contribution in [0.15, 0.2) is 69.5 Å². The second-order valence-corrected chi connectivity index (χ2v) is 8.33. The van der Waals surface area contributed by atoms with Crippen LogP contribution < -0.4 is 9.80 Å². The van der Waals surface area contributed by atoms with Gasteiger partial charge in [-0.25, -0.2) is 0 Å². The van der Waals surface area contributed by atoms with E-state index in [1.165, 1.54) is 32.3 Å². The number of rotatable bonds is 2. The largest absolute Gasteiger partial charge is 0.441 e. The van der Waals surface area contributed by atoms with Crippen molar-refractivity contribution < 1.29 is 8.83 Å². The average molecular weight is 425 g/mol. The third kappa shape index (κ3) is 2.90. The van der Waals surface area contributed by atoms with Crippen molar-refractivity contribution in [2.45, 2.75) is 13.8 Å². The van der Waals surface area contributed by atoms with Gasteiger partial charge >= 0.3 is 0 Å². The molecule has 2 aromatic heterocycles. The number of fused-ring (bicyclic) bond motifs is 9. The summed E-state index contributed by atoms with van der Waals surface area (Å²) in [4.78, 5) is 4.00. The minimum atomic E-state index is 0.871. The fourth-order valence-electron chi connectivity index (χ4n) is 4.49. The van der Waals surface area contributed by atoms with Gasteiger partial charge in [0.05, 0.1) is 0 Å². The fourth-order valence-corrected chi connectivity index (χ4v) is 4.49. The van der Waals surface area contributed by atoms with Crippen molar-refractivity contribution in [1.29, 1.82) is 0 Å². The van der Waals surface area contributed by atoms with E-state index in [1.807, 2.05) is 51.8 Å². The molecule has 0 saturated carbocycles. The molecule has 0 aliphatic heterocycles. The molecule has 0 N–H and O–H groups in total. The molecule has 32 heavy (non-hydrogen) atoms. The normalized spacial score (nSPS) is 11.4. The van der Waals surface area contributed by atoms with Crippen LogP contribution in [0.4, 0.5) is 11.8 Å². The SMILES string of the molecule is CC.CN(C)c1cc2c(ccc3c2ccc2c4ccc5oc(N(C)C)cc5c4ccc32)o1. The molecule has 0 fully saturated rings. The molecule has 0 unspecified atom stereocenters. The summed E-state index contributed by atoms with van der Waals surface area (Å²) in [6.07, 6.45) is 0. The van der Waals surface area contributed by atoms with Crippen LogP contribution in [0.3, 0.4) is 0 Å². The minimum Gasteiger partial charge on any atom is -0.441 e. The van der Waals surface area contributed by atoms with Crippen molar-refractivity contribution in [1.82, 2.24) is 0 Å². The molecule has 4 aromatic carbocycles. The number of benzene rings is 4. The number of hydrogen-bond acceptors (Lipinski definition) is 4. The van der Waals surface area contributed by atoms with Crippen LogP contribution >= 0.6 is 0 Å². The topological polar surface area (TPSA) is 32.8 Å². The third-order valence-corrected chi connectivity index (χ3v) is 6.04. The molecule has 0 bridgehead atoms. The third-order valence-electron chi connectivity index (χ3n) is 6.04. The van der Waals surface area contributed by atoms with Crippen molar-refractivity contribution in [2.24, 2.45) is 0 Å². The van der Waals surface area contributed by atoms with Gasteiger partial charge in [-0.1, -0.05) is 50.2 Å². The van der Waals surface area contributed by atoms with Crippen LogP contribution in [0.5, 0.6) is 0 Å². The van der Waals surface area contributed by atoms with Gasteiger partial charge in [0.15, 0.2) is 11.8 Å². The second-order valence-electron chi connectivity index (χ2n) is 8.33. The molecule has 0 atom stereocenters. The summed E-state index contributed by atoms with van der Waals surface area (Å²) >= 11 is 0. The number of furan rings is 2. The first-order chi connectivity index (χ1) is 15.5. The van der Waals surface area contributed by atoms with Gasteiger partial charge in [-0.05, 0) is 44.5 Å². The zero-order valence-corrected chi connectivity index (χ0v) is 19.5. The Bertz CT molecular complexity index is 1480. The van der Waals surface area contributed by atoms with Crippen LogP contribution in [0.2, 0.25) is 0 Å². The van der Waals surface area contributed by atoms with E-state index in [-0.39, 0.29) is 0 Å². The van der Waals surface area contributed by atoms with Gasteiger partial charge in [-0.2, -0.15) is 0 Å². The first-order valence-electron chi connectivity index (χ1n) is 11.1. The average Bonchev–Trinajstić information content (AvgIpc) is 3.44. The maximum atomic E-state index is 6.00. The summed E-state index contributed by atoms with van der Waals surface area (Å²) in [5.74, 6) is 1.74. The van der Waals surface area contributed by atoms with E-state index >= 15 is 0 Å². The number of nitrogens with zero attached hydrogens (tertiary/aromatic N) is 2. The monoisotopic (exact) mass is 424 g/mol. The predicted molar refractivity (Wildman–Crippen MR) is 139 cm³/mol. The van der Waals surface area contributed by atoms with Gasteiger partial charge in [-0.15, -0.1) is 0 Å². The molecule has 0 amide bonds. The highest BCUT2D eigenvalue weighted by atomic mass is 16.4. The summed E-state index contributed by atoms with van der Waals surface area (Å²) < 4.78 is 12.0. The summed E-state index contributed by atoms with van der Waals surface area (Å²) in [6, 6.07) is 21.7. The lowest BCUT2D eigenvalue weighted by atomic mass is 9.95. The molecule has 0 aliphatic carbocycles. The predicted octanol–water partition coefficient (Wildman–Crippen LogP) is 7.80. The maximum Gasteiger partial charge on any atom is 0.196 e.